The number of nitrogen functional groups attached to an aromatic ring is 1. The van der Waals surface area contributed by atoms with E-state index in [1.807, 2.05) is 0 Å². The molecule has 0 aromatic carbocycles. The van der Waals surface area contributed by atoms with Gasteiger partial charge in [-0.25, -0.2) is 14.8 Å². The van der Waals surface area contributed by atoms with Crippen molar-refractivity contribution in [3.05, 3.63) is 17.6 Å². The number of aromatic nitrogens is 2. The highest BCUT2D eigenvalue weighted by Gasteiger charge is 2.22. The quantitative estimate of drug-likeness (QED) is 0.430. The molecule has 6 N–H and O–H groups in total. The lowest BCUT2D eigenvalue weighted by molar-refractivity contribution is -0.119. The Hall–Kier alpha value is -2.26. The Morgan fingerprint density at radius 3 is 2.65 bits per heavy atom. The number of hydrogen-bond donors (Lipinski definition) is 5. The van der Waals surface area contributed by atoms with Crippen LogP contribution in [0.1, 0.15) is 35.6 Å². The minimum Gasteiger partial charge on any atom is -0.476 e. The number of nitrogens with one attached hydrogen (secondary N) is 1. The first-order valence-corrected chi connectivity index (χ1v) is 5.79. The van der Waals surface area contributed by atoms with Crippen LogP contribution in [0.15, 0.2) is 6.20 Å². The monoisotopic (exact) mass is 284 g/mol. The number of carbonyl (C=O) groups is 2. The molecule has 0 saturated carbocycles. The molecule has 0 bridgehead atoms. The number of aliphatic hydroxyl groups excluding tert-OH is 2. The lowest BCUT2D eigenvalue weighted by Gasteiger charge is -2.17. The van der Waals surface area contributed by atoms with Crippen molar-refractivity contribution < 1.29 is 24.9 Å². The van der Waals surface area contributed by atoms with Gasteiger partial charge in [0.25, 0.3) is 0 Å². The highest BCUT2D eigenvalue weighted by Crippen LogP contribution is 2.18. The summed E-state index contributed by atoms with van der Waals surface area (Å²) >= 11 is 0. The van der Waals surface area contributed by atoms with Crippen molar-refractivity contribution in [1.82, 2.24) is 15.3 Å². The number of nitrogens with zero attached hydrogens (tertiary/aromatic N) is 2. The second-order valence-electron chi connectivity index (χ2n) is 4.12. The van der Waals surface area contributed by atoms with E-state index >= 15 is 0 Å². The minimum atomic E-state index is -1.42. The number of carboxylic acids is 1. The maximum absolute atomic E-state index is 10.8. The maximum atomic E-state index is 10.8. The summed E-state index contributed by atoms with van der Waals surface area (Å²) in [4.78, 5) is 28.8. The van der Waals surface area contributed by atoms with Gasteiger partial charge in [0, 0.05) is 13.5 Å². The zero-order chi connectivity index (χ0) is 15.3. The third-order valence-electron chi connectivity index (χ3n) is 2.50. The zero-order valence-electron chi connectivity index (χ0n) is 10.8. The normalized spacial score (nSPS) is 13.6. The first-order chi connectivity index (χ1) is 9.32. The molecule has 110 valence electrons. The molecule has 0 aliphatic carbocycles. The smallest absolute Gasteiger partial charge is 0.358 e. The lowest BCUT2D eigenvalue weighted by Crippen LogP contribution is -2.28. The van der Waals surface area contributed by atoms with Gasteiger partial charge in [0.05, 0.1) is 18.0 Å². The fraction of sp³-hybridized carbons (Fsp3) is 0.455. The van der Waals surface area contributed by atoms with Crippen LogP contribution in [0.3, 0.4) is 0 Å². The van der Waals surface area contributed by atoms with Crippen molar-refractivity contribution in [2.24, 2.45) is 0 Å². The van der Waals surface area contributed by atoms with E-state index in [1.165, 1.54) is 6.92 Å². The summed E-state index contributed by atoms with van der Waals surface area (Å²) in [5.41, 5.74) is 4.74. The molecule has 2 atom stereocenters. The van der Waals surface area contributed by atoms with Crippen LogP contribution in [0.4, 0.5) is 5.82 Å². The molecular formula is C11H16N4O5. The number of carbonyl (C=O) groups excluding carboxylic acids is 1. The van der Waals surface area contributed by atoms with Crippen molar-refractivity contribution in [2.75, 3.05) is 12.3 Å². The van der Waals surface area contributed by atoms with Gasteiger partial charge in [-0.2, -0.15) is 0 Å². The summed E-state index contributed by atoms with van der Waals surface area (Å²) in [6.45, 7) is 1.50. The van der Waals surface area contributed by atoms with Crippen LogP contribution in [-0.2, 0) is 4.79 Å². The molecule has 0 saturated heterocycles. The van der Waals surface area contributed by atoms with Gasteiger partial charge >= 0.3 is 5.97 Å². The van der Waals surface area contributed by atoms with Crippen LogP contribution >= 0.6 is 0 Å². The molecule has 1 rings (SSSR count). The molecule has 1 aromatic heterocycles. The molecule has 9 nitrogen and oxygen atoms in total. The number of rotatable bonds is 6. The van der Waals surface area contributed by atoms with E-state index < -0.39 is 23.9 Å². The van der Waals surface area contributed by atoms with E-state index in [1.54, 1.807) is 0 Å². The first-order valence-electron chi connectivity index (χ1n) is 5.79. The summed E-state index contributed by atoms with van der Waals surface area (Å²) in [6, 6.07) is 0. The summed E-state index contributed by atoms with van der Waals surface area (Å²) in [5.74, 6) is -1.91. The molecule has 0 aliphatic heterocycles. The van der Waals surface area contributed by atoms with Crippen LogP contribution in [0.25, 0.3) is 0 Å². The van der Waals surface area contributed by atoms with Crippen molar-refractivity contribution in [3.8, 4) is 0 Å². The third kappa shape index (κ3) is 4.14. The van der Waals surface area contributed by atoms with Crippen LogP contribution in [0, 0.1) is 0 Å². The standard InChI is InChI=1S/C11H16N4O5/c1-5(16)13-3-2-7(17)9(18)6-4-14-10(12)8(15-6)11(19)20/h4,7,9,17-18H,2-3H2,1H3,(H2,12,14)(H,13,16)(H,19,20). The molecular weight excluding hydrogens is 268 g/mol. The Morgan fingerprint density at radius 1 is 1.45 bits per heavy atom. The second kappa shape index (κ2) is 6.78. The molecule has 20 heavy (non-hydrogen) atoms. The topological polar surface area (TPSA) is 159 Å². The Kier molecular flexibility index (Phi) is 5.35. The number of carboxylic acid groups (broad SMARTS) is 1. The number of amides is 1. The molecule has 0 fully saturated rings. The Labute approximate surface area is 114 Å². The summed E-state index contributed by atoms with van der Waals surface area (Å²) in [6.07, 6.45) is -1.47. The van der Waals surface area contributed by atoms with Gasteiger partial charge in [0.1, 0.15) is 6.10 Å². The molecule has 0 radical (unpaired) electrons. The number of anilines is 1. The van der Waals surface area contributed by atoms with E-state index in [0.29, 0.717) is 0 Å². The maximum Gasteiger partial charge on any atom is 0.358 e. The molecule has 1 amide bonds. The lowest BCUT2D eigenvalue weighted by atomic mass is 10.1. The third-order valence-corrected chi connectivity index (χ3v) is 2.50. The predicted octanol–water partition coefficient (Wildman–Crippen LogP) is -1.32. The number of nitrogens with two attached hydrogens (primary N) is 1. The molecule has 0 aliphatic rings. The van der Waals surface area contributed by atoms with Crippen molar-refractivity contribution in [2.45, 2.75) is 25.6 Å². The second-order valence-corrected chi connectivity index (χ2v) is 4.12. The predicted molar refractivity (Wildman–Crippen MR) is 67.7 cm³/mol. The fourth-order valence-corrected chi connectivity index (χ4v) is 1.46. The average Bonchev–Trinajstić information content (AvgIpc) is 2.37. The van der Waals surface area contributed by atoms with Gasteiger partial charge in [-0.15, -0.1) is 0 Å². The van der Waals surface area contributed by atoms with E-state index in [2.05, 4.69) is 15.3 Å². The SMILES string of the molecule is CC(=O)NCCC(O)C(O)c1cnc(N)c(C(=O)O)n1. The van der Waals surface area contributed by atoms with Crippen LogP contribution in [0.5, 0.6) is 0 Å². The van der Waals surface area contributed by atoms with Crippen molar-refractivity contribution in [3.63, 3.8) is 0 Å². The Morgan fingerprint density at radius 2 is 2.10 bits per heavy atom. The molecule has 0 spiro atoms. The summed E-state index contributed by atoms with van der Waals surface area (Å²) < 4.78 is 0. The van der Waals surface area contributed by atoms with E-state index in [9.17, 15) is 19.8 Å². The van der Waals surface area contributed by atoms with Gasteiger partial charge < -0.3 is 26.4 Å². The fourth-order valence-electron chi connectivity index (χ4n) is 1.46. The molecule has 9 heteroatoms. The van der Waals surface area contributed by atoms with Gasteiger partial charge in [-0.05, 0) is 6.42 Å². The number of aromatic carboxylic acids is 1. The van der Waals surface area contributed by atoms with Crippen molar-refractivity contribution >= 4 is 17.7 Å². The van der Waals surface area contributed by atoms with E-state index in [4.69, 9.17) is 10.8 Å². The zero-order valence-corrected chi connectivity index (χ0v) is 10.8. The van der Waals surface area contributed by atoms with Gasteiger partial charge in [0.2, 0.25) is 5.91 Å². The van der Waals surface area contributed by atoms with Crippen molar-refractivity contribution in [1.29, 1.82) is 0 Å². The molecule has 1 heterocycles. The molecule has 1 aromatic rings. The number of hydrogen-bond acceptors (Lipinski definition) is 7. The largest absolute Gasteiger partial charge is 0.476 e. The first kappa shape index (κ1) is 15.8. The van der Waals surface area contributed by atoms with Crippen LogP contribution in [0.2, 0.25) is 0 Å². The van der Waals surface area contributed by atoms with Crippen LogP contribution in [-0.4, -0.2) is 49.8 Å². The molecule has 2 unspecified atom stereocenters. The highest BCUT2D eigenvalue weighted by molar-refractivity contribution is 5.90. The average molecular weight is 284 g/mol. The Bertz CT molecular complexity index is 508. The summed E-state index contributed by atoms with van der Waals surface area (Å²) in [7, 11) is 0. The van der Waals surface area contributed by atoms with E-state index in [-0.39, 0.29) is 30.4 Å². The van der Waals surface area contributed by atoms with Crippen LogP contribution < -0.4 is 11.1 Å². The highest BCUT2D eigenvalue weighted by atomic mass is 16.4. The summed E-state index contributed by atoms with van der Waals surface area (Å²) in [5, 5.41) is 30.9. The number of aliphatic hydroxyl groups is 2. The van der Waals surface area contributed by atoms with Gasteiger partial charge in [0.15, 0.2) is 11.5 Å². The minimum absolute atomic E-state index is 0.0786. The van der Waals surface area contributed by atoms with Gasteiger partial charge in [-0.3, -0.25) is 4.79 Å². The van der Waals surface area contributed by atoms with E-state index in [0.717, 1.165) is 6.20 Å². The van der Waals surface area contributed by atoms with Gasteiger partial charge in [-0.1, -0.05) is 0 Å². The Balaban J connectivity index is 2.76.